The van der Waals surface area contributed by atoms with Gasteiger partial charge in [0, 0.05) is 30.1 Å². The van der Waals surface area contributed by atoms with Crippen LogP contribution in [0, 0.1) is 0 Å². The van der Waals surface area contributed by atoms with Crippen LogP contribution in [0.25, 0.3) is 11.0 Å². The van der Waals surface area contributed by atoms with Crippen molar-refractivity contribution in [3.05, 3.63) is 47.1 Å². The van der Waals surface area contributed by atoms with E-state index in [-0.39, 0.29) is 6.04 Å². The van der Waals surface area contributed by atoms with Gasteiger partial charge in [0.15, 0.2) is 5.65 Å². The molecule has 0 spiro atoms. The molecule has 0 radical (unpaired) electrons. The number of nitrogens with one attached hydrogen (secondary N) is 1. The highest BCUT2D eigenvalue weighted by Crippen LogP contribution is 2.22. The summed E-state index contributed by atoms with van der Waals surface area (Å²) in [5.41, 5.74) is 1.65. The Morgan fingerprint density at radius 3 is 2.96 bits per heavy atom. The predicted octanol–water partition coefficient (Wildman–Crippen LogP) is 3.08. The standard InChI is InChI=1S/C16H19ClN4O2/c1-10(2)21-16-12(8-19-21)6-11(15(17)20-16)7-18-9-13(22)14-4-3-5-23-14/h3-6,8,10,13,18,22H,7,9H2,1-2H3. The van der Waals surface area contributed by atoms with Crippen LogP contribution in [-0.4, -0.2) is 26.4 Å². The van der Waals surface area contributed by atoms with Crippen molar-refractivity contribution in [2.45, 2.75) is 32.5 Å². The SMILES string of the molecule is CC(C)n1ncc2cc(CNCC(O)c3ccco3)c(Cl)nc21. The van der Waals surface area contributed by atoms with Crippen LogP contribution < -0.4 is 5.32 Å². The van der Waals surface area contributed by atoms with E-state index in [1.54, 1.807) is 24.6 Å². The van der Waals surface area contributed by atoms with Crippen molar-refractivity contribution in [2.24, 2.45) is 0 Å². The molecule has 7 heteroatoms. The van der Waals surface area contributed by atoms with E-state index in [0.29, 0.717) is 24.0 Å². The number of pyridine rings is 1. The molecule has 0 aliphatic carbocycles. The highest BCUT2D eigenvalue weighted by Gasteiger charge is 2.13. The lowest BCUT2D eigenvalue weighted by Gasteiger charge is -2.11. The first-order valence-electron chi connectivity index (χ1n) is 7.51. The number of furan rings is 1. The molecule has 2 N–H and O–H groups in total. The highest BCUT2D eigenvalue weighted by molar-refractivity contribution is 6.30. The fourth-order valence-corrected chi connectivity index (χ4v) is 2.63. The van der Waals surface area contributed by atoms with Crippen molar-refractivity contribution in [3.8, 4) is 0 Å². The molecule has 0 aromatic carbocycles. The minimum absolute atomic E-state index is 0.225. The average molecular weight is 335 g/mol. The maximum absolute atomic E-state index is 9.97. The monoisotopic (exact) mass is 334 g/mol. The minimum Gasteiger partial charge on any atom is -0.467 e. The van der Waals surface area contributed by atoms with Crippen LogP contribution in [-0.2, 0) is 6.54 Å². The average Bonchev–Trinajstić information content (AvgIpc) is 3.16. The Hall–Kier alpha value is -1.89. The number of nitrogens with zero attached hydrogens (tertiary/aromatic N) is 3. The Bertz CT molecular complexity index is 783. The van der Waals surface area contributed by atoms with Crippen molar-refractivity contribution in [2.75, 3.05) is 6.54 Å². The van der Waals surface area contributed by atoms with Gasteiger partial charge in [-0.15, -0.1) is 0 Å². The van der Waals surface area contributed by atoms with Gasteiger partial charge in [0.25, 0.3) is 0 Å². The van der Waals surface area contributed by atoms with Crippen LogP contribution in [0.2, 0.25) is 5.15 Å². The normalized spacial score (nSPS) is 13.1. The molecule has 6 nitrogen and oxygen atoms in total. The highest BCUT2D eigenvalue weighted by atomic mass is 35.5. The molecule has 0 fully saturated rings. The third kappa shape index (κ3) is 3.39. The molecule has 3 aromatic heterocycles. The summed E-state index contributed by atoms with van der Waals surface area (Å²) in [7, 11) is 0. The number of aliphatic hydroxyl groups is 1. The van der Waals surface area contributed by atoms with E-state index in [0.717, 1.165) is 16.6 Å². The van der Waals surface area contributed by atoms with Crippen molar-refractivity contribution < 1.29 is 9.52 Å². The number of hydrogen-bond donors (Lipinski definition) is 2. The third-order valence-corrected chi connectivity index (χ3v) is 3.94. The number of halogens is 1. The molecule has 3 aromatic rings. The van der Waals surface area contributed by atoms with Gasteiger partial charge in [0.1, 0.15) is 17.0 Å². The molecular weight excluding hydrogens is 316 g/mol. The van der Waals surface area contributed by atoms with E-state index in [2.05, 4.69) is 15.4 Å². The molecular formula is C16H19ClN4O2. The van der Waals surface area contributed by atoms with E-state index >= 15 is 0 Å². The zero-order chi connectivity index (χ0) is 16.4. The van der Waals surface area contributed by atoms with Crippen molar-refractivity contribution >= 4 is 22.6 Å². The molecule has 1 unspecified atom stereocenters. The van der Waals surface area contributed by atoms with Gasteiger partial charge < -0.3 is 14.8 Å². The van der Waals surface area contributed by atoms with Gasteiger partial charge in [-0.1, -0.05) is 11.6 Å². The first-order valence-corrected chi connectivity index (χ1v) is 7.89. The third-order valence-electron chi connectivity index (χ3n) is 3.61. The van der Waals surface area contributed by atoms with Crippen LogP contribution >= 0.6 is 11.6 Å². The predicted molar refractivity (Wildman–Crippen MR) is 88.3 cm³/mol. The van der Waals surface area contributed by atoms with Gasteiger partial charge in [-0.05, 0) is 32.0 Å². The maximum atomic E-state index is 9.97. The van der Waals surface area contributed by atoms with Gasteiger partial charge in [0.05, 0.1) is 12.5 Å². The van der Waals surface area contributed by atoms with Gasteiger partial charge in [-0.25, -0.2) is 9.67 Å². The number of aromatic nitrogens is 3. The van der Waals surface area contributed by atoms with Gasteiger partial charge in [-0.3, -0.25) is 0 Å². The second-order valence-electron chi connectivity index (χ2n) is 5.70. The molecule has 1 atom stereocenters. The quantitative estimate of drug-likeness (QED) is 0.677. The van der Waals surface area contributed by atoms with E-state index in [1.165, 1.54) is 0 Å². The molecule has 0 saturated carbocycles. The molecule has 0 aliphatic rings. The lowest BCUT2D eigenvalue weighted by atomic mass is 10.2. The lowest BCUT2D eigenvalue weighted by Crippen LogP contribution is -2.21. The number of hydrogen-bond acceptors (Lipinski definition) is 5. The number of fused-ring (bicyclic) bond motifs is 1. The summed E-state index contributed by atoms with van der Waals surface area (Å²) in [6.45, 7) is 4.97. The van der Waals surface area contributed by atoms with Crippen LogP contribution in [0.3, 0.4) is 0 Å². The first-order chi connectivity index (χ1) is 11.1. The zero-order valence-electron chi connectivity index (χ0n) is 13.0. The number of rotatable bonds is 6. The molecule has 0 saturated heterocycles. The number of aliphatic hydroxyl groups excluding tert-OH is 1. The van der Waals surface area contributed by atoms with Crippen molar-refractivity contribution in [3.63, 3.8) is 0 Å². The maximum Gasteiger partial charge on any atom is 0.159 e. The fourth-order valence-electron chi connectivity index (χ4n) is 2.43. The first kappa shape index (κ1) is 16.0. The Morgan fingerprint density at radius 2 is 2.26 bits per heavy atom. The van der Waals surface area contributed by atoms with E-state index in [9.17, 15) is 5.11 Å². The van der Waals surface area contributed by atoms with Gasteiger partial charge in [-0.2, -0.15) is 5.10 Å². The molecule has 3 rings (SSSR count). The van der Waals surface area contributed by atoms with E-state index < -0.39 is 6.10 Å². The summed E-state index contributed by atoms with van der Waals surface area (Å²) in [4.78, 5) is 4.45. The second-order valence-corrected chi connectivity index (χ2v) is 6.05. The largest absolute Gasteiger partial charge is 0.467 e. The summed E-state index contributed by atoms with van der Waals surface area (Å²) in [5.74, 6) is 0.537. The summed E-state index contributed by atoms with van der Waals surface area (Å²) in [6.07, 6.45) is 2.64. The zero-order valence-corrected chi connectivity index (χ0v) is 13.8. The molecule has 122 valence electrons. The van der Waals surface area contributed by atoms with Crippen LogP contribution in [0.15, 0.2) is 35.1 Å². The Morgan fingerprint density at radius 1 is 1.43 bits per heavy atom. The molecule has 23 heavy (non-hydrogen) atoms. The summed E-state index contributed by atoms with van der Waals surface area (Å²) >= 11 is 6.28. The Kier molecular flexibility index (Phi) is 4.66. The summed E-state index contributed by atoms with van der Waals surface area (Å²) < 4.78 is 7.01. The Balaban J connectivity index is 1.69. The van der Waals surface area contributed by atoms with Crippen molar-refractivity contribution in [1.29, 1.82) is 0 Å². The topological polar surface area (TPSA) is 76.1 Å². The summed E-state index contributed by atoms with van der Waals surface area (Å²) in [5, 5.41) is 18.9. The molecule has 0 amide bonds. The van der Waals surface area contributed by atoms with Crippen LogP contribution in [0.5, 0.6) is 0 Å². The molecule has 0 aliphatic heterocycles. The van der Waals surface area contributed by atoms with E-state index in [1.807, 2.05) is 24.6 Å². The Labute approximate surface area is 139 Å². The van der Waals surface area contributed by atoms with Crippen molar-refractivity contribution in [1.82, 2.24) is 20.1 Å². The molecule has 3 heterocycles. The minimum atomic E-state index is -0.691. The van der Waals surface area contributed by atoms with Gasteiger partial charge in [0.2, 0.25) is 0 Å². The second kappa shape index (κ2) is 6.70. The smallest absolute Gasteiger partial charge is 0.159 e. The van der Waals surface area contributed by atoms with E-state index in [4.69, 9.17) is 16.0 Å². The fraction of sp³-hybridized carbons (Fsp3) is 0.375. The van der Waals surface area contributed by atoms with Crippen LogP contribution in [0.1, 0.15) is 37.3 Å². The summed E-state index contributed by atoms with van der Waals surface area (Å²) in [6, 6.07) is 5.69. The molecule has 0 bridgehead atoms. The lowest BCUT2D eigenvalue weighted by molar-refractivity contribution is 0.147. The van der Waals surface area contributed by atoms with Crippen LogP contribution in [0.4, 0.5) is 0 Å². The van der Waals surface area contributed by atoms with Gasteiger partial charge >= 0.3 is 0 Å².